The summed E-state index contributed by atoms with van der Waals surface area (Å²) in [5.74, 6) is 0. The lowest BCUT2D eigenvalue weighted by Crippen LogP contribution is -2.29. The fraction of sp³-hybridized carbons (Fsp3) is 0.364. The number of nitrogens with zero attached hydrogens (tertiary/aromatic N) is 2. The Morgan fingerprint density at radius 1 is 1.60 bits per heavy atom. The zero-order valence-electron chi connectivity index (χ0n) is 8.85. The Bertz CT molecular complexity index is 363. The number of aromatic nitrogens is 3. The summed E-state index contributed by atoms with van der Waals surface area (Å²) in [5, 5.41) is 3.44. The van der Waals surface area contributed by atoms with Crippen molar-refractivity contribution in [1.82, 2.24) is 19.9 Å². The number of hydrogen-bond acceptors (Lipinski definition) is 2. The van der Waals surface area contributed by atoms with Gasteiger partial charge in [0.1, 0.15) is 0 Å². The average molecular weight is 204 g/mol. The first-order valence-corrected chi connectivity index (χ1v) is 5.16. The van der Waals surface area contributed by atoms with Crippen LogP contribution in [0.4, 0.5) is 0 Å². The zero-order valence-corrected chi connectivity index (χ0v) is 8.85. The number of imidazole rings is 1. The first-order chi connectivity index (χ1) is 7.34. The molecule has 2 heterocycles. The van der Waals surface area contributed by atoms with Gasteiger partial charge >= 0.3 is 0 Å². The van der Waals surface area contributed by atoms with E-state index in [2.05, 4.69) is 32.8 Å². The van der Waals surface area contributed by atoms with Gasteiger partial charge in [-0.2, -0.15) is 0 Å². The number of hydrogen-bond donors (Lipinski definition) is 2. The second-order valence-electron chi connectivity index (χ2n) is 3.74. The van der Waals surface area contributed by atoms with E-state index < -0.39 is 0 Å². The standard InChI is InChI=1S/C11H16N4/c1-10(8-15-6-5-12-9-15)14-7-11-3-2-4-13-11/h2-6,9-10,13-14H,7-8H2,1H3. The Hall–Kier alpha value is -1.55. The normalized spacial score (nSPS) is 12.9. The van der Waals surface area contributed by atoms with Crippen LogP contribution in [0.5, 0.6) is 0 Å². The second-order valence-corrected chi connectivity index (χ2v) is 3.74. The maximum atomic E-state index is 4.01. The van der Waals surface area contributed by atoms with Crippen LogP contribution in [0.25, 0.3) is 0 Å². The van der Waals surface area contributed by atoms with Gasteiger partial charge in [-0.1, -0.05) is 0 Å². The maximum absolute atomic E-state index is 4.01. The molecule has 2 rings (SSSR count). The van der Waals surface area contributed by atoms with Crippen molar-refractivity contribution in [3.8, 4) is 0 Å². The highest BCUT2D eigenvalue weighted by Gasteiger charge is 2.02. The highest BCUT2D eigenvalue weighted by Crippen LogP contribution is 1.96. The molecule has 2 aromatic heterocycles. The monoisotopic (exact) mass is 204 g/mol. The molecule has 4 heteroatoms. The third kappa shape index (κ3) is 2.95. The molecule has 0 amide bonds. The molecule has 4 nitrogen and oxygen atoms in total. The van der Waals surface area contributed by atoms with E-state index in [1.54, 1.807) is 6.20 Å². The Kier molecular flexibility index (Phi) is 3.19. The number of H-pyrrole nitrogens is 1. The molecule has 80 valence electrons. The Morgan fingerprint density at radius 2 is 2.53 bits per heavy atom. The van der Waals surface area contributed by atoms with Gasteiger partial charge in [0.15, 0.2) is 0 Å². The molecule has 0 aliphatic heterocycles. The SMILES string of the molecule is CC(Cn1ccnc1)NCc1ccc[nH]1. The number of aromatic amines is 1. The predicted molar refractivity (Wildman–Crippen MR) is 59.3 cm³/mol. The maximum Gasteiger partial charge on any atom is 0.0946 e. The molecular formula is C11H16N4. The first kappa shape index (κ1) is 9.98. The van der Waals surface area contributed by atoms with Crippen molar-refractivity contribution < 1.29 is 0 Å². The van der Waals surface area contributed by atoms with E-state index in [1.807, 2.05) is 24.8 Å². The van der Waals surface area contributed by atoms with Gasteiger partial charge in [-0.25, -0.2) is 4.98 Å². The third-order valence-corrected chi connectivity index (χ3v) is 2.35. The molecule has 0 radical (unpaired) electrons. The minimum absolute atomic E-state index is 0.433. The molecule has 15 heavy (non-hydrogen) atoms. The minimum Gasteiger partial charge on any atom is -0.364 e. The van der Waals surface area contributed by atoms with E-state index >= 15 is 0 Å². The molecule has 0 aliphatic rings. The molecule has 1 unspecified atom stereocenters. The molecule has 0 fully saturated rings. The molecule has 1 atom stereocenters. The Balaban J connectivity index is 1.76. The van der Waals surface area contributed by atoms with Gasteiger partial charge in [0.05, 0.1) is 6.33 Å². The molecule has 0 saturated carbocycles. The molecule has 0 bridgehead atoms. The van der Waals surface area contributed by atoms with Crippen LogP contribution < -0.4 is 5.32 Å². The molecular weight excluding hydrogens is 188 g/mol. The minimum atomic E-state index is 0.433. The summed E-state index contributed by atoms with van der Waals surface area (Å²) in [6.07, 6.45) is 7.56. The summed E-state index contributed by atoms with van der Waals surface area (Å²) in [6, 6.07) is 4.52. The number of rotatable bonds is 5. The predicted octanol–water partition coefficient (Wildman–Crippen LogP) is 1.39. The molecule has 0 saturated heterocycles. The topological polar surface area (TPSA) is 45.6 Å². The van der Waals surface area contributed by atoms with Crippen LogP contribution in [0.15, 0.2) is 37.1 Å². The van der Waals surface area contributed by atoms with Gasteiger partial charge in [0.25, 0.3) is 0 Å². The first-order valence-electron chi connectivity index (χ1n) is 5.16. The van der Waals surface area contributed by atoms with Crippen molar-refractivity contribution >= 4 is 0 Å². The molecule has 2 aromatic rings. The van der Waals surface area contributed by atoms with E-state index in [1.165, 1.54) is 5.69 Å². The van der Waals surface area contributed by atoms with E-state index in [0.717, 1.165) is 13.1 Å². The van der Waals surface area contributed by atoms with Gasteiger partial charge in [-0.15, -0.1) is 0 Å². The van der Waals surface area contributed by atoms with Crippen LogP contribution in [-0.2, 0) is 13.1 Å². The lowest BCUT2D eigenvalue weighted by atomic mass is 10.3. The van der Waals surface area contributed by atoms with E-state index in [9.17, 15) is 0 Å². The smallest absolute Gasteiger partial charge is 0.0946 e. The van der Waals surface area contributed by atoms with Crippen LogP contribution >= 0.6 is 0 Å². The third-order valence-electron chi connectivity index (χ3n) is 2.35. The average Bonchev–Trinajstić information content (AvgIpc) is 2.86. The quantitative estimate of drug-likeness (QED) is 0.773. The highest BCUT2D eigenvalue weighted by atomic mass is 15.1. The Morgan fingerprint density at radius 3 is 3.20 bits per heavy atom. The Labute approximate surface area is 89.3 Å². The molecule has 2 N–H and O–H groups in total. The lowest BCUT2D eigenvalue weighted by molar-refractivity contribution is 0.473. The largest absolute Gasteiger partial charge is 0.364 e. The summed E-state index contributed by atoms with van der Waals surface area (Å²) >= 11 is 0. The van der Waals surface area contributed by atoms with Gasteiger partial charge in [-0.05, 0) is 19.1 Å². The van der Waals surface area contributed by atoms with Crippen molar-refractivity contribution in [2.75, 3.05) is 0 Å². The second kappa shape index (κ2) is 4.79. The fourth-order valence-electron chi connectivity index (χ4n) is 1.54. The van der Waals surface area contributed by atoms with Crippen LogP contribution in [0.2, 0.25) is 0 Å². The van der Waals surface area contributed by atoms with Crippen molar-refractivity contribution in [2.45, 2.75) is 26.1 Å². The van der Waals surface area contributed by atoms with Gasteiger partial charge < -0.3 is 14.9 Å². The van der Waals surface area contributed by atoms with Gasteiger partial charge in [0, 0.05) is 43.4 Å². The lowest BCUT2D eigenvalue weighted by Gasteiger charge is -2.13. The van der Waals surface area contributed by atoms with Crippen molar-refractivity contribution in [3.05, 3.63) is 42.7 Å². The van der Waals surface area contributed by atoms with Crippen LogP contribution in [0, 0.1) is 0 Å². The van der Waals surface area contributed by atoms with Crippen LogP contribution in [-0.4, -0.2) is 20.6 Å². The van der Waals surface area contributed by atoms with E-state index in [0.29, 0.717) is 6.04 Å². The highest BCUT2D eigenvalue weighted by molar-refractivity contribution is 5.03. The van der Waals surface area contributed by atoms with E-state index in [4.69, 9.17) is 0 Å². The number of nitrogens with one attached hydrogen (secondary N) is 2. The molecule has 0 aromatic carbocycles. The summed E-state index contributed by atoms with van der Waals surface area (Å²) in [5.41, 5.74) is 1.22. The van der Waals surface area contributed by atoms with Crippen LogP contribution in [0.1, 0.15) is 12.6 Å². The van der Waals surface area contributed by atoms with E-state index in [-0.39, 0.29) is 0 Å². The van der Waals surface area contributed by atoms with Crippen molar-refractivity contribution in [1.29, 1.82) is 0 Å². The zero-order chi connectivity index (χ0) is 10.5. The summed E-state index contributed by atoms with van der Waals surface area (Å²) < 4.78 is 2.08. The van der Waals surface area contributed by atoms with Crippen LogP contribution in [0.3, 0.4) is 0 Å². The van der Waals surface area contributed by atoms with Gasteiger partial charge in [0.2, 0.25) is 0 Å². The van der Waals surface area contributed by atoms with Gasteiger partial charge in [-0.3, -0.25) is 0 Å². The summed E-state index contributed by atoms with van der Waals surface area (Å²) in [6.45, 7) is 3.99. The summed E-state index contributed by atoms with van der Waals surface area (Å²) in [4.78, 5) is 7.18. The fourth-order valence-corrected chi connectivity index (χ4v) is 1.54. The van der Waals surface area contributed by atoms with Crippen molar-refractivity contribution in [2.24, 2.45) is 0 Å². The molecule has 0 aliphatic carbocycles. The molecule has 0 spiro atoms. The van der Waals surface area contributed by atoms with Crippen molar-refractivity contribution in [3.63, 3.8) is 0 Å². The summed E-state index contributed by atoms with van der Waals surface area (Å²) in [7, 11) is 0.